The first-order valence-corrected chi connectivity index (χ1v) is 10.2. The van der Waals surface area contributed by atoms with Gasteiger partial charge in [0, 0.05) is 17.1 Å². The van der Waals surface area contributed by atoms with Crippen molar-refractivity contribution in [1.29, 1.82) is 0 Å². The second kappa shape index (κ2) is 8.55. The van der Waals surface area contributed by atoms with E-state index in [1.54, 1.807) is 42.5 Å². The number of rotatable bonds is 4. The van der Waals surface area contributed by atoms with Gasteiger partial charge in [-0.15, -0.1) is 0 Å². The monoisotopic (exact) mass is 484 g/mol. The van der Waals surface area contributed by atoms with Gasteiger partial charge in [0.25, 0.3) is 5.91 Å². The van der Waals surface area contributed by atoms with E-state index < -0.39 is 24.2 Å². The standard InChI is InChI=1S/C21H17Cl2F3N4O2/c1-32-14-7-5-11(6-8-14)15-10-16(21(24,25)26)30-19(28-15)17(23)18(29-30)20(31)27-13-4-2-3-12(22)9-13/h2-9,15-16,28H,10H2,1H3,(H,27,31)/t15-,16-/m0/s1. The Labute approximate surface area is 191 Å². The van der Waals surface area contributed by atoms with Crippen molar-refractivity contribution in [1.82, 2.24) is 9.78 Å². The zero-order chi connectivity index (χ0) is 23.0. The zero-order valence-electron chi connectivity index (χ0n) is 16.6. The lowest BCUT2D eigenvalue weighted by atomic mass is 9.97. The minimum Gasteiger partial charge on any atom is -0.497 e. The van der Waals surface area contributed by atoms with Gasteiger partial charge >= 0.3 is 6.18 Å². The molecule has 168 valence electrons. The SMILES string of the molecule is COc1ccc([C@@H]2C[C@@H](C(F)(F)F)n3nc(C(=O)Nc4cccc(Cl)c4)c(Cl)c3N2)cc1. The normalized spacial score (nSPS) is 17.9. The van der Waals surface area contributed by atoms with Crippen LogP contribution in [0, 0.1) is 0 Å². The van der Waals surface area contributed by atoms with Crippen LogP contribution < -0.4 is 15.4 Å². The molecule has 2 atom stereocenters. The van der Waals surface area contributed by atoms with Gasteiger partial charge in [-0.1, -0.05) is 41.4 Å². The molecule has 4 rings (SSSR count). The van der Waals surface area contributed by atoms with Gasteiger partial charge in [0.2, 0.25) is 0 Å². The van der Waals surface area contributed by atoms with Crippen LogP contribution in [0.2, 0.25) is 10.0 Å². The smallest absolute Gasteiger partial charge is 0.410 e. The summed E-state index contributed by atoms with van der Waals surface area (Å²) in [5, 5.41) is 9.65. The van der Waals surface area contributed by atoms with Crippen LogP contribution in [-0.2, 0) is 0 Å². The van der Waals surface area contributed by atoms with Crippen LogP contribution in [0.1, 0.15) is 34.6 Å². The van der Waals surface area contributed by atoms with Crippen molar-refractivity contribution >= 4 is 40.6 Å². The lowest BCUT2D eigenvalue weighted by molar-refractivity contribution is -0.173. The molecule has 1 aliphatic rings. The number of nitrogens with one attached hydrogen (secondary N) is 2. The van der Waals surface area contributed by atoms with Crippen LogP contribution in [0.3, 0.4) is 0 Å². The number of carbonyl (C=O) groups excluding carboxylic acids is 1. The van der Waals surface area contributed by atoms with Crippen molar-refractivity contribution in [2.24, 2.45) is 0 Å². The van der Waals surface area contributed by atoms with E-state index >= 15 is 0 Å². The molecule has 32 heavy (non-hydrogen) atoms. The van der Waals surface area contributed by atoms with Crippen LogP contribution in [0.25, 0.3) is 0 Å². The highest BCUT2D eigenvalue weighted by Gasteiger charge is 2.47. The molecule has 2 heterocycles. The second-order valence-electron chi connectivity index (χ2n) is 7.18. The summed E-state index contributed by atoms with van der Waals surface area (Å²) < 4.78 is 47.5. The second-order valence-corrected chi connectivity index (χ2v) is 8.00. The lowest BCUT2D eigenvalue weighted by Crippen LogP contribution is -2.35. The molecule has 2 aromatic carbocycles. The van der Waals surface area contributed by atoms with Gasteiger partial charge in [-0.2, -0.15) is 18.3 Å². The van der Waals surface area contributed by atoms with Crippen LogP contribution in [0.15, 0.2) is 48.5 Å². The predicted molar refractivity (Wildman–Crippen MR) is 116 cm³/mol. The fourth-order valence-corrected chi connectivity index (χ4v) is 4.00. The number of benzene rings is 2. The molecule has 11 heteroatoms. The molecule has 0 unspecified atom stereocenters. The Morgan fingerprint density at radius 1 is 1.22 bits per heavy atom. The number of hydrogen-bond acceptors (Lipinski definition) is 4. The molecule has 0 fully saturated rings. The summed E-state index contributed by atoms with van der Waals surface area (Å²) in [5.41, 5.74) is 0.660. The van der Waals surface area contributed by atoms with E-state index in [0.717, 1.165) is 4.68 Å². The topological polar surface area (TPSA) is 68.2 Å². The number of aromatic nitrogens is 2. The summed E-state index contributed by atoms with van der Waals surface area (Å²) in [4.78, 5) is 12.7. The van der Waals surface area contributed by atoms with Gasteiger partial charge in [0.05, 0.1) is 13.2 Å². The number of alkyl halides is 3. The lowest BCUT2D eigenvalue weighted by Gasteiger charge is -2.33. The molecule has 1 amide bonds. The van der Waals surface area contributed by atoms with Crippen molar-refractivity contribution in [3.63, 3.8) is 0 Å². The number of amides is 1. The Kier molecular flexibility index (Phi) is 5.96. The van der Waals surface area contributed by atoms with Crippen LogP contribution >= 0.6 is 23.2 Å². The average molecular weight is 485 g/mol. The average Bonchev–Trinajstić information content (AvgIpc) is 3.09. The van der Waals surface area contributed by atoms with Gasteiger partial charge < -0.3 is 15.4 Å². The van der Waals surface area contributed by atoms with E-state index in [2.05, 4.69) is 15.7 Å². The van der Waals surface area contributed by atoms with E-state index in [4.69, 9.17) is 27.9 Å². The van der Waals surface area contributed by atoms with Crippen molar-refractivity contribution in [2.75, 3.05) is 17.7 Å². The third-order valence-electron chi connectivity index (χ3n) is 5.11. The van der Waals surface area contributed by atoms with Gasteiger partial charge in [-0.3, -0.25) is 4.79 Å². The Hall–Kier alpha value is -2.91. The predicted octanol–water partition coefficient (Wildman–Crippen LogP) is 6.11. The molecule has 1 aliphatic heterocycles. The summed E-state index contributed by atoms with van der Waals surface area (Å²) in [5.74, 6) is -0.236. The zero-order valence-corrected chi connectivity index (χ0v) is 18.1. The maximum Gasteiger partial charge on any atom is 0.410 e. The molecule has 0 spiro atoms. The van der Waals surface area contributed by atoms with E-state index in [0.29, 0.717) is 22.0 Å². The first-order valence-electron chi connectivity index (χ1n) is 9.49. The molecule has 0 bridgehead atoms. The Balaban J connectivity index is 1.68. The summed E-state index contributed by atoms with van der Waals surface area (Å²) in [6, 6.07) is 10.4. The molecule has 2 N–H and O–H groups in total. The van der Waals surface area contributed by atoms with E-state index in [1.807, 2.05) is 0 Å². The fourth-order valence-electron chi connectivity index (χ4n) is 3.55. The number of fused-ring (bicyclic) bond motifs is 1. The van der Waals surface area contributed by atoms with Gasteiger partial charge in [-0.25, -0.2) is 4.68 Å². The van der Waals surface area contributed by atoms with E-state index in [9.17, 15) is 18.0 Å². The van der Waals surface area contributed by atoms with Crippen molar-refractivity contribution < 1.29 is 22.7 Å². The Morgan fingerprint density at radius 3 is 2.56 bits per heavy atom. The van der Waals surface area contributed by atoms with E-state index in [1.165, 1.54) is 13.2 Å². The number of hydrogen-bond donors (Lipinski definition) is 2. The highest BCUT2D eigenvalue weighted by Crippen LogP contribution is 2.46. The molecule has 0 saturated carbocycles. The Bertz CT molecular complexity index is 1150. The highest BCUT2D eigenvalue weighted by molar-refractivity contribution is 6.36. The third-order valence-corrected chi connectivity index (χ3v) is 5.70. The minimum atomic E-state index is -4.60. The van der Waals surface area contributed by atoms with Crippen LogP contribution in [-0.4, -0.2) is 29.0 Å². The van der Waals surface area contributed by atoms with Crippen molar-refractivity contribution in [3.8, 4) is 5.75 Å². The molecular weight excluding hydrogens is 468 g/mol. The van der Waals surface area contributed by atoms with Crippen LogP contribution in [0.5, 0.6) is 5.75 Å². The first kappa shape index (κ1) is 22.3. The molecule has 3 aromatic rings. The summed E-state index contributed by atoms with van der Waals surface area (Å²) in [6.45, 7) is 0. The number of ether oxygens (including phenoxy) is 1. The molecule has 1 aromatic heterocycles. The number of anilines is 2. The summed E-state index contributed by atoms with van der Waals surface area (Å²) >= 11 is 12.2. The van der Waals surface area contributed by atoms with Gasteiger partial charge in [0.1, 0.15) is 16.6 Å². The fraction of sp³-hybridized carbons (Fsp3) is 0.238. The number of halogens is 5. The summed E-state index contributed by atoms with van der Waals surface area (Å²) in [7, 11) is 1.50. The maximum absolute atomic E-state index is 13.9. The quantitative estimate of drug-likeness (QED) is 0.468. The minimum absolute atomic E-state index is 0.0719. The van der Waals surface area contributed by atoms with Gasteiger partial charge in [-0.05, 0) is 35.9 Å². The first-order chi connectivity index (χ1) is 15.2. The van der Waals surface area contributed by atoms with Crippen molar-refractivity contribution in [3.05, 3.63) is 69.8 Å². The van der Waals surface area contributed by atoms with Crippen molar-refractivity contribution in [2.45, 2.75) is 24.7 Å². The van der Waals surface area contributed by atoms with Crippen LogP contribution in [0.4, 0.5) is 24.7 Å². The molecule has 0 saturated heterocycles. The summed E-state index contributed by atoms with van der Waals surface area (Å²) in [6.07, 6.45) is -4.92. The highest BCUT2D eigenvalue weighted by atomic mass is 35.5. The number of carbonyl (C=O) groups is 1. The molecule has 0 radical (unpaired) electrons. The van der Waals surface area contributed by atoms with E-state index in [-0.39, 0.29) is 23.0 Å². The number of methoxy groups -OCH3 is 1. The largest absolute Gasteiger partial charge is 0.497 e. The third kappa shape index (κ3) is 4.35. The Morgan fingerprint density at radius 2 is 1.94 bits per heavy atom. The molecular formula is C21H17Cl2F3N4O2. The maximum atomic E-state index is 13.9. The number of nitrogens with zero attached hydrogens (tertiary/aromatic N) is 2. The molecule has 0 aliphatic carbocycles. The molecule has 6 nitrogen and oxygen atoms in total. The van der Waals surface area contributed by atoms with Gasteiger partial charge in [0.15, 0.2) is 11.7 Å².